The summed E-state index contributed by atoms with van der Waals surface area (Å²) < 4.78 is 5.03. The van der Waals surface area contributed by atoms with Crippen molar-refractivity contribution in [1.29, 1.82) is 0 Å². The van der Waals surface area contributed by atoms with Crippen molar-refractivity contribution in [1.82, 2.24) is 5.32 Å². The Labute approximate surface area is 91.5 Å². The molecule has 1 saturated carbocycles. The van der Waals surface area contributed by atoms with E-state index in [1.165, 1.54) is 19.3 Å². The van der Waals surface area contributed by atoms with Crippen LogP contribution in [0.4, 0.5) is 0 Å². The summed E-state index contributed by atoms with van der Waals surface area (Å²) in [5.41, 5.74) is 5.67. The second-order valence-corrected chi connectivity index (χ2v) is 4.13. The van der Waals surface area contributed by atoms with E-state index >= 15 is 0 Å². The highest BCUT2D eigenvalue weighted by molar-refractivity contribution is 5.77. The fourth-order valence-electron chi connectivity index (χ4n) is 2.18. The number of carbonyl (C=O) groups excluding carboxylic acids is 1. The first-order valence-corrected chi connectivity index (χ1v) is 5.82. The number of amides is 1. The van der Waals surface area contributed by atoms with E-state index in [1.807, 2.05) is 6.92 Å². The molecule has 0 aromatic carbocycles. The highest BCUT2D eigenvalue weighted by Crippen LogP contribution is 2.30. The van der Waals surface area contributed by atoms with E-state index in [4.69, 9.17) is 10.5 Å². The lowest BCUT2D eigenvalue weighted by atomic mass is 9.96. The Bertz CT molecular complexity index is 197. The van der Waals surface area contributed by atoms with Gasteiger partial charge in [-0.3, -0.25) is 4.79 Å². The second kappa shape index (κ2) is 6.80. The summed E-state index contributed by atoms with van der Waals surface area (Å²) in [6.45, 7) is 4.15. The van der Waals surface area contributed by atoms with Gasteiger partial charge in [-0.05, 0) is 38.1 Å². The SMILES string of the molecule is CCOCC(=O)NCC1CCCC1CN. The zero-order valence-electron chi connectivity index (χ0n) is 9.50. The summed E-state index contributed by atoms with van der Waals surface area (Å²) in [6, 6.07) is 0. The van der Waals surface area contributed by atoms with Crippen LogP contribution in [-0.4, -0.2) is 32.2 Å². The zero-order chi connectivity index (χ0) is 11.1. The minimum absolute atomic E-state index is 0.0143. The quantitative estimate of drug-likeness (QED) is 0.677. The van der Waals surface area contributed by atoms with Crippen molar-refractivity contribution in [2.45, 2.75) is 26.2 Å². The van der Waals surface area contributed by atoms with Crippen LogP contribution >= 0.6 is 0 Å². The summed E-state index contributed by atoms with van der Waals surface area (Å²) in [4.78, 5) is 11.3. The first kappa shape index (κ1) is 12.5. The molecule has 0 heterocycles. The Morgan fingerprint density at radius 2 is 2.20 bits per heavy atom. The van der Waals surface area contributed by atoms with Crippen molar-refractivity contribution in [3.63, 3.8) is 0 Å². The zero-order valence-corrected chi connectivity index (χ0v) is 9.50. The smallest absolute Gasteiger partial charge is 0.246 e. The number of ether oxygens (including phenoxy) is 1. The number of carbonyl (C=O) groups is 1. The van der Waals surface area contributed by atoms with Crippen molar-refractivity contribution < 1.29 is 9.53 Å². The molecule has 1 fully saturated rings. The van der Waals surface area contributed by atoms with Crippen molar-refractivity contribution >= 4 is 5.91 Å². The summed E-state index contributed by atoms with van der Waals surface area (Å²) in [5, 5.41) is 2.90. The normalized spacial score (nSPS) is 25.5. The third-order valence-corrected chi connectivity index (χ3v) is 3.12. The number of hydrogen-bond donors (Lipinski definition) is 2. The molecule has 2 atom stereocenters. The lowest BCUT2D eigenvalue weighted by Crippen LogP contribution is -2.34. The average Bonchev–Trinajstić information content (AvgIpc) is 2.70. The van der Waals surface area contributed by atoms with Crippen molar-refractivity contribution in [2.24, 2.45) is 17.6 Å². The van der Waals surface area contributed by atoms with Crippen LogP contribution in [0.25, 0.3) is 0 Å². The first-order valence-electron chi connectivity index (χ1n) is 5.82. The van der Waals surface area contributed by atoms with Gasteiger partial charge in [-0.25, -0.2) is 0 Å². The predicted octanol–water partition coefficient (Wildman–Crippen LogP) is 0.514. The lowest BCUT2D eigenvalue weighted by Gasteiger charge is -2.18. The standard InChI is InChI=1S/C11H22N2O2/c1-2-15-8-11(14)13-7-10-5-3-4-9(10)6-12/h9-10H,2-8,12H2,1H3,(H,13,14). The second-order valence-electron chi connectivity index (χ2n) is 4.13. The number of nitrogens with two attached hydrogens (primary N) is 1. The first-order chi connectivity index (χ1) is 7.27. The molecule has 1 rings (SSSR count). The molecule has 3 N–H and O–H groups in total. The molecule has 0 aromatic rings. The van der Waals surface area contributed by atoms with Gasteiger partial charge in [-0.2, -0.15) is 0 Å². The molecule has 0 spiro atoms. The van der Waals surface area contributed by atoms with Crippen molar-refractivity contribution in [3.8, 4) is 0 Å². The van der Waals surface area contributed by atoms with Crippen LogP contribution in [0.1, 0.15) is 26.2 Å². The van der Waals surface area contributed by atoms with Crippen molar-refractivity contribution in [3.05, 3.63) is 0 Å². The molecule has 0 aromatic heterocycles. The molecular formula is C11H22N2O2. The topological polar surface area (TPSA) is 64.3 Å². The molecule has 0 saturated heterocycles. The molecule has 0 aliphatic heterocycles. The van der Waals surface area contributed by atoms with Crippen LogP contribution in [0.2, 0.25) is 0 Å². The summed E-state index contributed by atoms with van der Waals surface area (Å²) in [5.74, 6) is 1.15. The van der Waals surface area contributed by atoms with Gasteiger partial charge in [0.05, 0.1) is 0 Å². The molecular weight excluding hydrogens is 192 g/mol. The monoisotopic (exact) mass is 214 g/mol. The Balaban J connectivity index is 2.15. The highest BCUT2D eigenvalue weighted by Gasteiger charge is 2.25. The van der Waals surface area contributed by atoms with Crippen LogP contribution < -0.4 is 11.1 Å². The molecule has 4 nitrogen and oxygen atoms in total. The fourth-order valence-corrected chi connectivity index (χ4v) is 2.18. The number of rotatable bonds is 6. The van der Waals surface area contributed by atoms with Gasteiger partial charge in [0.25, 0.3) is 0 Å². The molecule has 2 unspecified atom stereocenters. The van der Waals surface area contributed by atoms with Gasteiger partial charge in [-0.1, -0.05) is 6.42 Å². The fraction of sp³-hybridized carbons (Fsp3) is 0.909. The molecule has 1 aliphatic rings. The summed E-state index contributed by atoms with van der Waals surface area (Å²) >= 11 is 0. The maximum absolute atomic E-state index is 11.3. The van der Waals surface area contributed by atoms with Crippen LogP contribution in [0.3, 0.4) is 0 Å². The predicted molar refractivity (Wildman–Crippen MR) is 59.4 cm³/mol. The molecule has 15 heavy (non-hydrogen) atoms. The Hall–Kier alpha value is -0.610. The van der Waals surface area contributed by atoms with Crippen LogP contribution in [0.15, 0.2) is 0 Å². The Morgan fingerprint density at radius 1 is 1.47 bits per heavy atom. The van der Waals surface area contributed by atoms with Crippen LogP contribution in [0, 0.1) is 11.8 Å². The molecule has 88 valence electrons. The van der Waals surface area contributed by atoms with Crippen molar-refractivity contribution in [2.75, 3.05) is 26.3 Å². The van der Waals surface area contributed by atoms with Gasteiger partial charge < -0.3 is 15.8 Å². The third kappa shape index (κ3) is 4.18. The van der Waals surface area contributed by atoms with Gasteiger partial charge in [0.1, 0.15) is 6.61 Å². The number of nitrogens with one attached hydrogen (secondary N) is 1. The molecule has 4 heteroatoms. The van der Waals surface area contributed by atoms with Gasteiger partial charge in [0.2, 0.25) is 5.91 Å². The van der Waals surface area contributed by atoms with Gasteiger partial charge in [0, 0.05) is 13.2 Å². The molecule has 1 amide bonds. The average molecular weight is 214 g/mol. The number of hydrogen-bond acceptors (Lipinski definition) is 3. The van der Waals surface area contributed by atoms with E-state index in [0.717, 1.165) is 13.1 Å². The highest BCUT2D eigenvalue weighted by atomic mass is 16.5. The van der Waals surface area contributed by atoms with E-state index < -0.39 is 0 Å². The van der Waals surface area contributed by atoms with E-state index in [9.17, 15) is 4.79 Å². The summed E-state index contributed by atoms with van der Waals surface area (Å²) in [6.07, 6.45) is 3.65. The third-order valence-electron chi connectivity index (χ3n) is 3.12. The maximum atomic E-state index is 11.3. The van der Waals surface area contributed by atoms with Gasteiger partial charge in [0.15, 0.2) is 0 Å². The van der Waals surface area contributed by atoms with Crippen LogP contribution in [0.5, 0.6) is 0 Å². The Morgan fingerprint density at radius 3 is 2.87 bits per heavy atom. The maximum Gasteiger partial charge on any atom is 0.246 e. The van der Waals surface area contributed by atoms with Crippen LogP contribution in [-0.2, 0) is 9.53 Å². The van der Waals surface area contributed by atoms with E-state index in [0.29, 0.717) is 18.4 Å². The minimum atomic E-state index is -0.0143. The summed E-state index contributed by atoms with van der Waals surface area (Å²) in [7, 11) is 0. The Kier molecular flexibility index (Phi) is 5.65. The minimum Gasteiger partial charge on any atom is -0.372 e. The molecule has 0 bridgehead atoms. The van der Waals surface area contributed by atoms with Gasteiger partial charge >= 0.3 is 0 Å². The largest absolute Gasteiger partial charge is 0.372 e. The van der Waals surface area contributed by atoms with E-state index in [2.05, 4.69) is 5.32 Å². The van der Waals surface area contributed by atoms with Gasteiger partial charge in [-0.15, -0.1) is 0 Å². The van der Waals surface area contributed by atoms with E-state index in [1.54, 1.807) is 0 Å². The molecule has 0 radical (unpaired) electrons. The van der Waals surface area contributed by atoms with E-state index in [-0.39, 0.29) is 12.5 Å². The molecule has 1 aliphatic carbocycles. The lowest BCUT2D eigenvalue weighted by molar-refractivity contribution is -0.125.